The van der Waals surface area contributed by atoms with Crippen LogP contribution in [-0.4, -0.2) is 55.7 Å². The second-order valence-electron chi connectivity index (χ2n) is 5.95. The third-order valence-electron chi connectivity index (χ3n) is 4.22. The van der Waals surface area contributed by atoms with Gasteiger partial charge in [-0.15, -0.1) is 0 Å². The molecule has 5 nitrogen and oxygen atoms in total. The number of rotatable bonds is 6. The topological polar surface area (TPSA) is 48.7 Å². The van der Waals surface area contributed by atoms with Crippen molar-refractivity contribution in [1.82, 2.24) is 9.80 Å². The van der Waals surface area contributed by atoms with E-state index in [4.69, 9.17) is 9.47 Å². The summed E-state index contributed by atoms with van der Waals surface area (Å²) in [4.78, 5) is 4.57. The molecule has 5 heteroatoms. The maximum absolute atomic E-state index is 9.73. The van der Waals surface area contributed by atoms with Gasteiger partial charge in [0.15, 0.2) is 11.5 Å². The Morgan fingerprint density at radius 1 is 1.22 bits per heavy atom. The summed E-state index contributed by atoms with van der Waals surface area (Å²) < 4.78 is 11.3. The lowest BCUT2D eigenvalue weighted by molar-refractivity contribution is 0.0795. The first kappa shape index (κ1) is 17.6. The fourth-order valence-corrected chi connectivity index (χ4v) is 3.12. The van der Waals surface area contributed by atoms with E-state index in [-0.39, 0.29) is 6.04 Å². The maximum Gasteiger partial charge on any atom is 0.161 e. The summed E-state index contributed by atoms with van der Waals surface area (Å²) in [5.41, 5.74) is 0.968. The number of likely N-dealkylation sites (N-methyl/N-ethyl adjacent to an activating group) is 1. The molecular formula is C18H27N3O2. The normalized spacial score (nSPS) is 20.7. The Morgan fingerprint density at radius 2 is 1.91 bits per heavy atom. The lowest BCUT2D eigenvalue weighted by Gasteiger charge is -2.40. The molecule has 0 spiro atoms. The summed E-state index contributed by atoms with van der Waals surface area (Å²) in [6.07, 6.45) is 0. The zero-order valence-electron chi connectivity index (χ0n) is 14.6. The second kappa shape index (κ2) is 8.19. The van der Waals surface area contributed by atoms with Gasteiger partial charge in [-0.3, -0.25) is 4.90 Å². The van der Waals surface area contributed by atoms with Crippen LogP contribution >= 0.6 is 0 Å². The minimum absolute atomic E-state index is 0.256. The third kappa shape index (κ3) is 4.15. The van der Waals surface area contributed by atoms with E-state index in [9.17, 15) is 5.26 Å². The van der Waals surface area contributed by atoms with Crippen molar-refractivity contribution in [2.75, 3.05) is 39.9 Å². The molecule has 0 bridgehead atoms. The zero-order valence-corrected chi connectivity index (χ0v) is 14.6. The molecule has 2 unspecified atom stereocenters. The first-order valence-electron chi connectivity index (χ1n) is 8.34. The van der Waals surface area contributed by atoms with Gasteiger partial charge in [0, 0.05) is 25.7 Å². The highest BCUT2D eigenvalue weighted by atomic mass is 16.5. The fourth-order valence-electron chi connectivity index (χ4n) is 3.12. The Labute approximate surface area is 139 Å². The van der Waals surface area contributed by atoms with Crippen LogP contribution in [0.25, 0.3) is 0 Å². The van der Waals surface area contributed by atoms with Crippen molar-refractivity contribution >= 4 is 0 Å². The van der Waals surface area contributed by atoms with E-state index < -0.39 is 0 Å². The van der Waals surface area contributed by atoms with Crippen molar-refractivity contribution < 1.29 is 9.47 Å². The van der Waals surface area contributed by atoms with E-state index in [1.54, 1.807) is 0 Å². The van der Waals surface area contributed by atoms with Gasteiger partial charge in [-0.2, -0.15) is 5.26 Å². The minimum Gasteiger partial charge on any atom is -0.490 e. The van der Waals surface area contributed by atoms with Crippen LogP contribution in [0, 0.1) is 11.3 Å². The SMILES string of the molecule is CCOc1ccc(C(C#N)N2CCN(C)CC2C)cc1OCC. The van der Waals surface area contributed by atoms with Gasteiger partial charge in [0.25, 0.3) is 0 Å². The first-order chi connectivity index (χ1) is 11.1. The van der Waals surface area contributed by atoms with Crippen LogP contribution in [0.15, 0.2) is 18.2 Å². The summed E-state index contributed by atoms with van der Waals surface area (Å²) in [7, 11) is 2.12. The Balaban J connectivity index is 2.27. The summed E-state index contributed by atoms with van der Waals surface area (Å²) in [6.45, 7) is 10.1. The number of hydrogen-bond acceptors (Lipinski definition) is 5. The number of benzene rings is 1. The van der Waals surface area contributed by atoms with Crippen LogP contribution in [-0.2, 0) is 0 Å². The molecule has 0 aliphatic carbocycles. The van der Waals surface area contributed by atoms with Crippen LogP contribution in [0.5, 0.6) is 11.5 Å². The quantitative estimate of drug-likeness (QED) is 0.807. The van der Waals surface area contributed by atoms with E-state index >= 15 is 0 Å². The Kier molecular flexibility index (Phi) is 6.26. The van der Waals surface area contributed by atoms with Crippen molar-refractivity contribution in [3.05, 3.63) is 23.8 Å². The number of nitriles is 1. The molecule has 1 saturated heterocycles. The average Bonchev–Trinajstić information content (AvgIpc) is 2.53. The monoisotopic (exact) mass is 317 g/mol. The molecule has 1 aliphatic rings. The molecule has 1 heterocycles. The number of ether oxygens (including phenoxy) is 2. The summed E-state index contributed by atoms with van der Waals surface area (Å²) in [5, 5.41) is 9.73. The molecule has 0 amide bonds. The van der Waals surface area contributed by atoms with Gasteiger partial charge in [0.1, 0.15) is 6.04 Å². The Bertz CT molecular complexity index is 556. The van der Waals surface area contributed by atoms with Crippen LogP contribution in [0.3, 0.4) is 0 Å². The first-order valence-corrected chi connectivity index (χ1v) is 8.34. The molecule has 0 aromatic heterocycles. The average molecular weight is 317 g/mol. The summed E-state index contributed by atoms with van der Waals surface area (Å²) in [6, 6.07) is 8.40. The molecule has 0 radical (unpaired) electrons. The fraction of sp³-hybridized carbons (Fsp3) is 0.611. The zero-order chi connectivity index (χ0) is 16.8. The van der Waals surface area contributed by atoms with Gasteiger partial charge in [-0.05, 0) is 45.5 Å². The molecule has 1 aromatic carbocycles. The maximum atomic E-state index is 9.73. The predicted molar refractivity (Wildman–Crippen MR) is 90.8 cm³/mol. The predicted octanol–water partition coefficient (Wildman–Crippen LogP) is 2.68. The van der Waals surface area contributed by atoms with Gasteiger partial charge >= 0.3 is 0 Å². The largest absolute Gasteiger partial charge is 0.490 e. The van der Waals surface area contributed by atoms with Crippen LogP contribution < -0.4 is 9.47 Å². The molecule has 23 heavy (non-hydrogen) atoms. The van der Waals surface area contributed by atoms with E-state index in [1.807, 2.05) is 32.0 Å². The molecular weight excluding hydrogens is 290 g/mol. The molecule has 0 saturated carbocycles. The minimum atomic E-state index is -0.256. The van der Waals surface area contributed by atoms with Gasteiger partial charge < -0.3 is 14.4 Å². The summed E-state index contributed by atoms with van der Waals surface area (Å²) >= 11 is 0. The van der Waals surface area contributed by atoms with Gasteiger partial charge in [-0.1, -0.05) is 6.07 Å². The standard InChI is InChI=1S/C18H27N3O2/c1-5-22-17-8-7-15(11-18(17)23-6-2)16(12-19)21-10-9-20(4)13-14(21)3/h7-8,11,14,16H,5-6,9-10,13H2,1-4H3. The molecule has 1 aliphatic heterocycles. The molecule has 2 rings (SSSR count). The lowest BCUT2D eigenvalue weighted by atomic mass is 10.0. The molecule has 1 aromatic rings. The second-order valence-corrected chi connectivity index (χ2v) is 5.95. The van der Waals surface area contributed by atoms with E-state index in [0.717, 1.165) is 30.9 Å². The van der Waals surface area contributed by atoms with Crippen molar-refractivity contribution in [3.63, 3.8) is 0 Å². The van der Waals surface area contributed by atoms with E-state index in [2.05, 4.69) is 29.8 Å². The molecule has 2 atom stereocenters. The molecule has 1 fully saturated rings. The lowest BCUT2D eigenvalue weighted by Crippen LogP contribution is -2.51. The van der Waals surface area contributed by atoms with Crippen LogP contribution in [0.1, 0.15) is 32.4 Å². The highest BCUT2D eigenvalue weighted by molar-refractivity contribution is 5.45. The molecule has 126 valence electrons. The van der Waals surface area contributed by atoms with Crippen molar-refractivity contribution in [2.24, 2.45) is 0 Å². The van der Waals surface area contributed by atoms with Gasteiger partial charge in [-0.25, -0.2) is 0 Å². The summed E-state index contributed by atoms with van der Waals surface area (Å²) in [5.74, 6) is 1.45. The Morgan fingerprint density at radius 3 is 2.52 bits per heavy atom. The third-order valence-corrected chi connectivity index (χ3v) is 4.22. The van der Waals surface area contributed by atoms with Crippen LogP contribution in [0.2, 0.25) is 0 Å². The van der Waals surface area contributed by atoms with Crippen molar-refractivity contribution in [1.29, 1.82) is 5.26 Å². The number of hydrogen-bond donors (Lipinski definition) is 0. The van der Waals surface area contributed by atoms with Gasteiger partial charge in [0.2, 0.25) is 0 Å². The smallest absolute Gasteiger partial charge is 0.161 e. The van der Waals surface area contributed by atoms with E-state index in [1.165, 1.54) is 0 Å². The Hall–Kier alpha value is -1.77. The van der Waals surface area contributed by atoms with Crippen molar-refractivity contribution in [2.45, 2.75) is 32.9 Å². The van der Waals surface area contributed by atoms with Crippen molar-refractivity contribution in [3.8, 4) is 17.6 Å². The highest BCUT2D eigenvalue weighted by Gasteiger charge is 2.29. The van der Waals surface area contributed by atoms with E-state index in [0.29, 0.717) is 25.0 Å². The number of piperazine rings is 1. The highest BCUT2D eigenvalue weighted by Crippen LogP contribution is 2.33. The van der Waals surface area contributed by atoms with Gasteiger partial charge in [0.05, 0.1) is 19.3 Å². The van der Waals surface area contributed by atoms with Crippen LogP contribution in [0.4, 0.5) is 0 Å². The number of nitrogens with zero attached hydrogens (tertiary/aromatic N) is 3. The molecule has 0 N–H and O–H groups in total.